The molecule has 0 amide bonds. The van der Waals surface area contributed by atoms with Gasteiger partial charge < -0.3 is 4.74 Å². The highest BCUT2D eigenvalue weighted by Gasteiger charge is 2.22. The van der Waals surface area contributed by atoms with Gasteiger partial charge in [-0.15, -0.1) is 0 Å². The molecule has 1 saturated heterocycles. The molecule has 0 aromatic heterocycles. The van der Waals surface area contributed by atoms with Crippen molar-refractivity contribution in [2.24, 2.45) is 0 Å². The van der Waals surface area contributed by atoms with Crippen LogP contribution in [0.3, 0.4) is 0 Å². The number of morpholine rings is 1. The lowest BCUT2D eigenvalue weighted by atomic mass is 10.2. The van der Waals surface area contributed by atoms with E-state index >= 15 is 0 Å². The van der Waals surface area contributed by atoms with Gasteiger partial charge in [-0.3, -0.25) is 15.0 Å². The number of nitrogens with zero attached hydrogens (tertiary/aromatic N) is 2. The van der Waals surface area contributed by atoms with Crippen LogP contribution in [0.4, 0.5) is 0 Å². The summed E-state index contributed by atoms with van der Waals surface area (Å²) in [6.07, 6.45) is 0.381. The molecule has 0 N–H and O–H groups in total. The molecule has 0 aromatic rings. The van der Waals surface area contributed by atoms with Gasteiger partial charge in [0.15, 0.2) is 0 Å². The summed E-state index contributed by atoms with van der Waals surface area (Å²) in [6, 6.07) is 0. The van der Waals surface area contributed by atoms with Crippen LogP contribution in [0.5, 0.6) is 0 Å². The van der Waals surface area contributed by atoms with Crippen LogP contribution in [0.15, 0.2) is 0 Å². The lowest BCUT2D eigenvalue weighted by Gasteiger charge is -2.34. The van der Waals surface area contributed by atoms with Crippen molar-refractivity contribution in [3.63, 3.8) is 0 Å². The Bertz CT molecular complexity index is 176. The van der Waals surface area contributed by atoms with Crippen molar-refractivity contribution in [3.8, 4) is 0 Å². The van der Waals surface area contributed by atoms with Gasteiger partial charge in [0, 0.05) is 18.0 Å². The van der Waals surface area contributed by atoms with Gasteiger partial charge in [0.05, 0.1) is 18.8 Å². The summed E-state index contributed by atoms with van der Waals surface area (Å²) in [4.78, 5) is 12.0. The maximum Gasteiger partial charge on any atom is 0.216 e. The molecule has 0 bridgehead atoms. The summed E-state index contributed by atoms with van der Waals surface area (Å²) in [7, 11) is 0. The Morgan fingerprint density at radius 3 is 2.46 bits per heavy atom. The molecule has 13 heavy (non-hydrogen) atoms. The first kappa shape index (κ1) is 10.4. The second-order valence-electron chi connectivity index (χ2n) is 3.57. The lowest BCUT2D eigenvalue weighted by Crippen LogP contribution is -2.46. The summed E-state index contributed by atoms with van der Waals surface area (Å²) < 4.78 is 5.51. The molecule has 0 saturated carbocycles. The monoisotopic (exact) mass is 188 g/mol. The standard InChI is InChI=1S/C8H16N2O3/c1-7-5-9(3-4-10(11)12)6-8(2)13-7/h7-8H,3-6H2,1-2H3. The molecule has 0 spiro atoms. The number of nitro groups is 1. The third kappa shape index (κ3) is 3.69. The highest BCUT2D eigenvalue weighted by atomic mass is 16.6. The van der Waals surface area contributed by atoms with E-state index in [4.69, 9.17) is 4.74 Å². The normalized spacial score (nSPS) is 30.3. The van der Waals surface area contributed by atoms with E-state index in [0.717, 1.165) is 13.1 Å². The zero-order valence-corrected chi connectivity index (χ0v) is 8.10. The third-order valence-electron chi connectivity index (χ3n) is 2.09. The Hall–Kier alpha value is -0.680. The molecule has 1 aliphatic rings. The Morgan fingerprint density at radius 2 is 2.00 bits per heavy atom. The van der Waals surface area contributed by atoms with E-state index in [1.54, 1.807) is 0 Å². The SMILES string of the molecule is CC1CN(CC[N+](=O)[O-])CC(C)O1. The zero-order chi connectivity index (χ0) is 9.84. The van der Waals surface area contributed by atoms with Crippen LogP contribution in [0.1, 0.15) is 13.8 Å². The Kier molecular flexibility index (Phi) is 3.62. The fourth-order valence-corrected chi connectivity index (χ4v) is 1.69. The van der Waals surface area contributed by atoms with Crippen LogP contribution in [0.25, 0.3) is 0 Å². The van der Waals surface area contributed by atoms with E-state index in [1.807, 2.05) is 13.8 Å². The van der Waals surface area contributed by atoms with Gasteiger partial charge in [0.1, 0.15) is 0 Å². The van der Waals surface area contributed by atoms with Crippen molar-refractivity contribution in [1.82, 2.24) is 4.90 Å². The van der Waals surface area contributed by atoms with Gasteiger partial charge in [-0.1, -0.05) is 0 Å². The summed E-state index contributed by atoms with van der Waals surface area (Å²) in [5, 5.41) is 10.2. The van der Waals surface area contributed by atoms with Gasteiger partial charge in [0.25, 0.3) is 0 Å². The minimum absolute atomic E-state index is 0.0272. The van der Waals surface area contributed by atoms with Crippen LogP contribution in [0, 0.1) is 10.1 Å². The van der Waals surface area contributed by atoms with E-state index in [2.05, 4.69) is 4.90 Å². The fraction of sp³-hybridized carbons (Fsp3) is 1.00. The quantitative estimate of drug-likeness (QED) is 0.474. The average Bonchev–Trinajstić information content (AvgIpc) is 1.99. The van der Waals surface area contributed by atoms with Crippen LogP contribution in [-0.4, -0.2) is 48.2 Å². The summed E-state index contributed by atoms with van der Waals surface area (Å²) in [5.74, 6) is 0. The molecule has 1 heterocycles. The van der Waals surface area contributed by atoms with Crippen molar-refractivity contribution in [2.75, 3.05) is 26.2 Å². The van der Waals surface area contributed by atoms with Crippen molar-refractivity contribution in [3.05, 3.63) is 10.1 Å². The van der Waals surface area contributed by atoms with E-state index in [-0.39, 0.29) is 23.7 Å². The summed E-state index contributed by atoms with van der Waals surface area (Å²) in [5.41, 5.74) is 0. The first-order chi connectivity index (χ1) is 6.08. The third-order valence-corrected chi connectivity index (χ3v) is 2.09. The van der Waals surface area contributed by atoms with Gasteiger partial charge >= 0.3 is 0 Å². The number of ether oxygens (including phenoxy) is 1. The fourth-order valence-electron chi connectivity index (χ4n) is 1.69. The largest absolute Gasteiger partial charge is 0.373 e. The van der Waals surface area contributed by atoms with Gasteiger partial charge in [0.2, 0.25) is 6.54 Å². The highest BCUT2D eigenvalue weighted by Crippen LogP contribution is 2.09. The average molecular weight is 188 g/mol. The van der Waals surface area contributed by atoms with Crippen LogP contribution in [-0.2, 0) is 4.74 Å². The van der Waals surface area contributed by atoms with Gasteiger partial charge in [-0.05, 0) is 13.8 Å². The van der Waals surface area contributed by atoms with Crippen molar-refractivity contribution < 1.29 is 9.66 Å². The molecule has 2 atom stereocenters. The predicted octanol–water partition coefficient (Wildman–Crippen LogP) is 0.372. The number of rotatable bonds is 3. The first-order valence-electron chi connectivity index (χ1n) is 4.57. The smallest absolute Gasteiger partial charge is 0.216 e. The van der Waals surface area contributed by atoms with E-state index < -0.39 is 0 Å². The van der Waals surface area contributed by atoms with Crippen molar-refractivity contribution in [1.29, 1.82) is 0 Å². The molecule has 76 valence electrons. The molecule has 0 radical (unpaired) electrons. The second-order valence-corrected chi connectivity index (χ2v) is 3.57. The van der Waals surface area contributed by atoms with Crippen LogP contribution >= 0.6 is 0 Å². The first-order valence-corrected chi connectivity index (χ1v) is 4.57. The topological polar surface area (TPSA) is 55.6 Å². The van der Waals surface area contributed by atoms with Crippen molar-refractivity contribution >= 4 is 0 Å². The van der Waals surface area contributed by atoms with E-state index in [9.17, 15) is 10.1 Å². The van der Waals surface area contributed by atoms with E-state index in [1.165, 1.54) is 0 Å². The van der Waals surface area contributed by atoms with Gasteiger partial charge in [-0.25, -0.2) is 0 Å². The minimum atomic E-state index is -0.273. The molecule has 5 heteroatoms. The maximum absolute atomic E-state index is 10.2. The zero-order valence-electron chi connectivity index (χ0n) is 8.10. The summed E-state index contributed by atoms with van der Waals surface area (Å²) >= 11 is 0. The Labute approximate surface area is 77.8 Å². The van der Waals surface area contributed by atoms with Crippen LogP contribution < -0.4 is 0 Å². The molecule has 0 aliphatic carbocycles. The van der Waals surface area contributed by atoms with Crippen molar-refractivity contribution in [2.45, 2.75) is 26.1 Å². The van der Waals surface area contributed by atoms with E-state index in [0.29, 0.717) is 6.54 Å². The molecule has 1 rings (SSSR count). The van der Waals surface area contributed by atoms with Gasteiger partial charge in [-0.2, -0.15) is 0 Å². The Morgan fingerprint density at radius 1 is 1.46 bits per heavy atom. The highest BCUT2D eigenvalue weighted by molar-refractivity contribution is 4.72. The summed E-state index contributed by atoms with van der Waals surface area (Å²) in [6.45, 7) is 6.16. The number of hydrogen-bond donors (Lipinski definition) is 0. The predicted molar refractivity (Wildman–Crippen MR) is 48.3 cm³/mol. The maximum atomic E-state index is 10.2. The molecule has 5 nitrogen and oxygen atoms in total. The lowest BCUT2D eigenvalue weighted by molar-refractivity contribution is -0.480. The molecule has 2 unspecified atom stereocenters. The molecular weight excluding hydrogens is 172 g/mol. The number of hydrogen-bond acceptors (Lipinski definition) is 4. The molecule has 0 aromatic carbocycles. The Balaban J connectivity index is 2.28. The van der Waals surface area contributed by atoms with Crippen LogP contribution in [0.2, 0.25) is 0 Å². The molecule has 1 fully saturated rings. The second kappa shape index (κ2) is 4.53. The minimum Gasteiger partial charge on any atom is -0.373 e. The molecule has 1 aliphatic heterocycles. The molecular formula is C8H16N2O3.